The molecule has 1 N–H and O–H groups in total. The molecular weight excluding hydrogens is 318 g/mol. The molecule has 2 aliphatic heterocycles. The van der Waals surface area contributed by atoms with Crippen molar-refractivity contribution in [3.8, 4) is 0 Å². The third-order valence-electron chi connectivity index (χ3n) is 5.59. The molecule has 4 heterocycles. The summed E-state index contributed by atoms with van der Waals surface area (Å²) in [6.07, 6.45) is 9.53. The Balaban J connectivity index is 1.41. The van der Waals surface area contributed by atoms with Crippen LogP contribution in [0, 0.1) is 5.92 Å². The molecule has 2 aliphatic rings. The fourth-order valence-corrected chi connectivity index (χ4v) is 4.04. The van der Waals surface area contributed by atoms with Gasteiger partial charge in [-0.2, -0.15) is 0 Å². The molecule has 2 aromatic heterocycles. The highest BCUT2D eigenvalue weighted by atomic mass is 16.3. The van der Waals surface area contributed by atoms with Crippen LogP contribution in [-0.2, 0) is 20.0 Å². The van der Waals surface area contributed by atoms with Crippen molar-refractivity contribution in [1.82, 2.24) is 24.0 Å². The topological polar surface area (TPSA) is 76.2 Å². The summed E-state index contributed by atoms with van der Waals surface area (Å²) in [5.74, 6) is 1.96. The summed E-state index contributed by atoms with van der Waals surface area (Å²) in [5, 5.41) is 10.6. The largest absolute Gasteiger partial charge is 0.385 e. The van der Waals surface area contributed by atoms with Gasteiger partial charge in [-0.05, 0) is 31.6 Å². The first kappa shape index (κ1) is 16.3. The molecule has 7 nitrogen and oxygen atoms in total. The minimum atomic E-state index is -0.569. The lowest BCUT2D eigenvalue weighted by Gasteiger charge is -2.34. The summed E-state index contributed by atoms with van der Waals surface area (Å²) in [6, 6.07) is 0. The Kier molecular flexibility index (Phi) is 4.33. The van der Waals surface area contributed by atoms with Crippen molar-refractivity contribution < 1.29 is 9.90 Å². The summed E-state index contributed by atoms with van der Waals surface area (Å²) in [7, 11) is 1.90. The molecular formula is C18H25N5O2. The van der Waals surface area contributed by atoms with Gasteiger partial charge in [0.25, 0.3) is 5.91 Å². The molecule has 0 bridgehead atoms. The second-order valence-electron chi connectivity index (χ2n) is 7.14. The quantitative estimate of drug-likeness (QED) is 0.917. The number of carbonyl (C=O) groups is 1. The van der Waals surface area contributed by atoms with Crippen LogP contribution in [0.5, 0.6) is 0 Å². The highest BCUT2D eigenvalue weighted by Crippen LogP contribution is 2.30. The second-order valence-corrected chi connectivity index (χ2v) is 7.14. The molecule has 1 fully saturated rings. The van der Waals surface area contributed by atoms with Crippen molar-refractivity contribution in [2.45, 2.75) is 44.8 Å². The van der Waals surface area contributed by atoms with Gasteiger partial charge in [0.2, 0.25) is 0 Å². The van der Waals surface area contributed by atoms with Gasteiger partial charge >= 0.3 is 0 Å². The molecule has 1 saturated heterocycles. The molecule has 0 aliphatic carbocycles. The number of amides is 1. The van der Waals surface area contributed by atoms with E-state index >= 15 is 0 Å². The van der Waals surface area contributed by atoms with Crippen LogP contribution < -0.4 is 0 Å². The van der Waals surface area contributed by atoms with Crippen molar-refractivity contribution in [2.24, 2.45) is 13.0 Å². The van der Waals surface area contributed by atoms with Crippen LogP contribution >= 0.6 is 0 Å². The summed E-state index contributed by atoms with van der Waals surface area (Å²) in [6.45, 7) is 2.24. The predicted molar refractivity (Wildman–Crippen MR) is 92.0 cm³/mol. The van der Waals surface area contributed by atoms with Gasteiger partial charge in [0.1, 0.15) is 23.4 Å². The number of aliphatic hydroxyl groups excluding tert-OH is 1. The molecule has 2 aromatic rings. The minimum Gasteiger partial charge on any atom is -0.385 e. The summed E-state index contributed by atoms with van der Waals surface area (Å²) in [5.41, 5.74) is 0.720. The van der Waals surface area contributed by atoms with Crippen molar-refractivity contribution in [3.63, 3.8) is 0 Å². The molecule has 0 saturated carbocycles. The highest BCUT2D eigenvalue weighted by molar-refractivity contribution is 5.92. The van der Waals surface area contributed by atoms with Gasteiger partial charge in [-0.1, -0.05) is 0 Å². The van der Waals surface area contributed by atoms with Crippen LogP contribution in [0.25, 0.3) is 0 Å². The molecule has 0 aromatic carbocycles. The molecule has 0 spiro atoms. The first-order valence-corrected chi connectivity index (χ1v) is 9.14. The third kappa shape index (κ3) is 2.97. The van der Waals surface area contributed by atoms with Crippen molar-refractivity contribution in [2.75, 3.05) is 13.1 Å². The fraction of sp³-hybridized carbons (Fsp3) is 0.611. The fourth-order valence-electron chi connectivity index (χ4n) is 4.04. The normalized spacial score (nSPS) is 19.7. The third-order valence-corrected chi connectivity index (χ3v) is 5.59. The van der Waals surface area contributed by atoms with E-state index in [4.69, 9.17) is 0 Å². The smallest absolute Gasteiger partial charge is 0.272 e. The van der Waals surface area contributed by atoms with Crippen LogP contribution in [0.1, 0.15) is 53.9 Å². The van der Waals surface area contributed by atoms with Gasteiger partial charge in [0, 0.05) is 45.5 Å². The number of hydrogen-bond donors (Lipinski definition) is 1. The number of fused-ring (bicyclic) bond motifs is 1. The Labute approximate surface area is 147 Å². The minimum absolute atomic E-state index is 0.0746. The zero-order valence-electron chi connectivity index (χ0n) is 14.6. The van der Waals surface area contributed by atoms with E-state index in [0.717, 1.165) is 50.2 Å². The zero-order valence-corrected chi connectivity index (χ0v) is 14.6. The summed E-state index contributed by atoms with van der Waals surface area (Å²) >= 11 is 0. The Morgan fingerprint density at radius 3 is 2.76 bits per heavy atom. The maximum Gasteiger partial charge on any atom is 0.272 e. The maximum atomic E-state index is 12.9. The van der Waals surface area contributed by atoms with Crippen LogP contribution in [0.15, 0.2) is 18.6 Å². The lowest BCUT2D eigenvalue weighted by atomic mass is 9.90. The van der Waals surface area contributed by atoms with Gasteiger partial charge in [0.05, 0.1) is 6.20 Å². The number of rotatable bonds is 3. The molecule has 7 heteroatoms. The Hall–Kier alpha value is -2.15. The SMILES string of the molecule is Cn1ccnc1C(O)C1CCN(C(=O)c2cnc3n2CCCC3)CC1. The number of aryl methyl sites for hydroxylation is 2. The summed E-state index contributed by atoms with van der Waals surface area (Å²) in [4.78, 5) is 23.5. The monoisotopic (exact) mass is 343 g/mol. The first-order chi connectivity index (χ1) is 12.1. The molecule has 134 valence electrons. The number of aliphatic hydroxyl groups is 1. The lowest BCUT2D eigenvalue weighted by molar-refractivity contribution is 0.0413. The zero-order chi connectivity index (χ0) is 17.4. The van der Waals surface area contributed by atoms with Crippen molar-refractivity contribution >= 4 is 5.91 Å². The Morgan fingerprint density at radius 1 is 1.24 bits per heavy atom. The first-order valence-electron chi connectivity index (χ1n) is 9.14. The number of hydrogen-bond acceptors (Lipinski definition) is 4. The van der Waals surface area contributed by atoms with Gasteiger partial charge in [-0.25, -0.2) is 9.97 Å². The van der Waals surface area contributed by atoms with Gasteiger partial charge in [-0.15, -0.1) is 0 Å². The van der Waals surface area contributed by atoms with E-state index in [0.29, 0.717) is 18.9 Å². The number of aromatic nitrogens is 4. The Bertz CT molecular complexity index is 757. The van der Waals surface area contributed by atoms with Gasteiger partial charge < -0.3 is 19.1 Å². The van der Waals surface area contributed by atoms with E-state index < -0.39 is 6.10 Å². The van der Waals surface area contributed by atoms with E-state index in [1.165, 1.54) is 0 Å². The van der Waals surface area contributed by atoms with Crippen molar-refractivity contribution in [1.29, 1.82) is 0 Å². The van der Waals surface area contributed by atoms with Crippen LogP contribution in [0.3, 0.4) is 0 Å². The molecule has 25 heavy (non-hydrogen) atoms. The van der Waals surface area contributed by atoms with E-state index in [-0.39, 0.29) is 11.8 Å². The van der Waals surface area contributed by atoms with Crippen molar-refractivity contribution in [3.05, 3.63) is 35.9 Å². The van der Waals surface area contributed by atoms with Crippen LogP contribution in [0.4, 0.5) is 0 Å². The molecule has 1 unspecified atom stereocenters. The second kappa shape index (κ2) is 6.63. The molecule has 0 radical (unpaired) electrons. The van der Waals surface area contributed by atoms with E-state index in [1.807, 2.05) is 22.7 Å². The van der Waals surface area contributed by atoms with Gasteiger partial charge in [-0.3, -0.25) is 4.79 Å². The summed E-state index contributed by atoms with van der Waals surface area (Å²) < 4.78 is 3.95. The Morgan fingerprint density at radius 2 is 2.04 bits per heavy atom. The number of likely N-dealkylation sites (tertiary alicyclic amines) is 1. The van der Waals surface area contributed by atoms with Gasteiger partial charge in [0.15, 0.2) is 0 Å². The van der Waals surface area contributed by atoms with E-state index in [1.54, 1.807) is 12.4 Å². The molecule has 1 atom stereocenters. The number of carbonyl (C=O) groups excluding carboxylic acids is 1. The van der Waals surface area contributed by atoms with E-state index in [9.17, 15) is 9.90 Å². The number of piperidine rings is 1. The maximum absolute atomic E-state index is 12.9. The number of imidazole rings is 2. The average molecular weight is 343 g/mol. The van der Waals surface area contributed by atoms with Crippen LogP contribution in [-0.4, -0.2) is 48.1 Å². The lowest BCUT2D eigenvalue weighted by Crippen LogP contribution is -2.41. The van der Waals surface area contributed by atoms with E-state index in [2.05, 4.69) is 14.5 Å². The van der Waals surface area contributed by atoms with Crippen LogP contribution in [0.2, 0.25) is 0 Å². The predicted octanol–water partition coefficient (Wildman–Crippen LogP) is 1.54. The standard InChI is InChI=1S/C18H25N5O2/c1-21-11-7-19-17(21)16(24)13-5-9-22(10-6-13)18(25)14-12-20-15-4-2-3-8-23(14)15/h7,11-13,16,24H,2-6,8-10H2,1H3. The molecule has 1 amide bonds. The average Bonchev–Trinajstić information content (AvgIpc) is 3.27. The highest BCUT2D eigenvalue weighted by Gasteiger charge is 2.31. The molecule has 4 rings (SSSR count). The number of nitrogens with zero attached hydrogens (tertiary/aromatic N) is 5.